The molecule has 2 aromatic carbocycles. The Kier molecular flexibility index (Phi) is 3.28. The first-order valence-corrected chi connectivity index (χ1v) is 6.64. The summed E-state index contributed by atoms with van der Waals surface area (Å²) in [6.07, 6.45) is 6.80. The molecule has 0 saturated heterocycles. The van der Waals surface area contributed by atoms with Crippen molar-refractivity contribution >= 4 is 17.9 Å². The lowest BCUT2D eigenvalue weighted by molar-refractivity contribution is -0.140. The van der Waals surface area contributed by atoms with Crippen molar-refractivity contribution in [3.05, 3.63) is 65.7 Å². The number of benzene rings is 2. The number of hydrogen-bond donors (Lipinski definition) is 2. The summed E-state index contributed by atoms with van der Waals surface area (Å²) in [7, 11) is 0. The van der Waals surface area contributed by atoms with Crippen molar-refractivity contribution in [3.8, 4) is 12.3 Å². The third kappa shape index (κ3) is 1.98. The Hall–Kier alpha value is -3.26. The van der Waals surface area contributed by atoms with E-state index < -0.39 is 11.5 Å². The van der Waals surface area contributed by atoms with Crippen LogP contribution in [0.25, 0.3) is 0 Å². The van der Waals surface area contributed by atoms with E-state index in [1.807, 2.05) is 6.07 Å². The second-order valence-corrected chi connectivity index (χ2v) is 4.83. The minimum absolute atomic E-state index is 0.599. The summed E-state index contributed by atoms with van der Waals surface area (Å²) < 4.78 is 0. The van der Waals surface area contributed by atoms with Crippen LogP contribution >= 0.6 is 0 Å². The minimum atomic E-state index is -1.42. The molecule has 0 spiro atoms. The number of nitrogens with one attached hydrogen (secondary N) is 1. The van der Waals surface area contributed by atoms with Crippen molar-refractivity contribution in [1.29, 1.82) is 0 Å². The average molecular weight is 291 g/mol. The molecule has 1 atom stereocenters. The molecule has 0 aromatic heterocycles. The van der Waals surface area contributed by atoms with Crippen LogP contribution in [0, 0.1) is 12.3 Å². The summed E-state index contributed by atoms with van der Waals surface area (Å²) in [6, 6.07) is 16.0. The molecular weight excluding hydrogens is 278 g/mol. The lowest BCUT2D eigenvalue weighted by Crippen LogP contribution is -2.54. The van der Waals surface area contributed by atoms with E-state index in [1.54, 1.807) is 48.5 Å². The summed E-state index contributed by atoms with van der Waals surface area (Å²) in [5, 5.41) is 15.3. The zero-order valence-electron chi connectivity index (χ0n) is 11.6. The smallest absolute Gasteiger partial charge is 0.342 e. The average Bonchev–Trinajstić information content (AvgIpc) is 3.02. The maximum atomic E-state index is 12.0. The molecule has 0 radical (unpaired) electrons. The second kappa shape index (κ2) is 5.26. The third-order valence-electron chi connectivity index (χ3n) is 3.57. The van der Waals surface area contributed by atoms with Gasteiger partial charge in [-0.25, -0.2) is 15.3 Å². The van der Waals surface area contributed by atoms with Crippen molar-refractivity contribution in [2.75, 3.05) is 5.01 Å². The maximum Gasteiger partial charge on any atom is 0.342 e. The van der Waals surface area contributed by atoms with E-state index >= 15 is 0 Å². The van der Waals surface area contributed by atoms with Gasteiger partial charge in [0, 0.05) is 5.56 Å². The highest BCUT2D eigenvalue weighted by molar-refractivity contribution is 6.05. The molecule has 0 aliphatic carbocycles. The molecule has 1 heterocycles. The Morgan fingerprint density at radius 1 is 1.23 bits per heavy atom. The van der Waals surface area contributed by atoms with Gasteiger partial charge in [0.2, 0.25) is 5.54 Å². The van der Waals surface area contributed by atoms with Crippen LogP contribution in [0.1, 0.15) is 11.1 Å². The summed E-state index contributed by atoms with van der Waals surface area (Å²) >= 11 is 0. The highest BCUT2D eigenvalue weighted by Gasteiger charge is 2.48. The van der Waals surface area contributed by atoms with E-state index in [4.69, 9.17) is 6.42 Å². The summed E-state index contributed by atoms with van der Waals surface area (Å²) in [5.41, 5.74) is 3.22. The zero-order valence-corrected chi connectivity index (χ0v) is 11.6. The monoisotopic (exact) mass is 291 g/mol. The van der Waals surface area contributed by atoms with E-state index in [9.17, 15) is 9.90 Å². The highest BCUT2D eigenvalue weighted by atomic mass is 16.4. The number of hydrazone groups is 1. The Morgan fingerprint density at radius 3 is 2.68 bits per heavy atom. The Labute approximate surface area is 127 Å². The van der Waals surface area contributed by atoms with Gasteiger partial charge in [-0.15, -0.1) is 6.42 Å². The van der Waals surface area contributed by atoms with Crippen molar-refractivity contribution in [3.63, 3.8) is 0 Å². The van der Waals surface area contributed by atoms with Gasteiger partial charge >= 0.3 is 5.97 Å². The first-order chi connectivity index (χ1) is 10.7. The van der Waals surface area contributed by atoms with Crippen LogP contribution in [-0.2, 0) is 10.3 Å². The van der Waals surface area contributed by atoms with Gasteiger partial charge in [0.25, 0.3) is 0 Å². The number of nitrogens with zero attached hydrogens (tertiary/aromatic N) is 2. The van der Waals surface area contributed by atoms with Crippen molar-refractivity contribution in [1.82, 2.24) is 5.53 Å². The molecule has 5 heteroatoms. The molecule has 2 N–H and O–H groups in total. The number of carbonyl (C=O) groups is 1. The van der Waals surface area contributed by atoms with Crippen LogP contribution in [0.5, 0.6) is 0 Å². The van der Waals surface area contributed by atoms with Gasteiger partial charge in [-0.2, -0.15) is 5.10 Å². The number of carboxylic acids is 1. The summed E-state index contributed by atoms with van der Waals surface area (Å²) in [4.78, 5) is 12.0. The lowest BCUT2D eigenvalue weighted by atomic mass is 9.90. The van der Waals surface area contributed by atoms with E-state index in [1.165, 1.54) is 11.2 Å². The molecule has 2 aromatic rings. The Morgan fingerprint density at radius 2 is 2.00 bits per heavy atom. The van der Waals surface area contributed by atoms with E-state index in [-0.39, 0.29) is 0 Å². The van der Waals surface area contributed by atoms with Crippen LogP contribution in [0.3, 0.4) is 0 Å². The van der Waals surface area contributed by atoms with Gasteiger partial charge in [0.1, 0.15) is 0 Å². The van der Waals surface area contributed by atoms with E-state index in [0.29, 0.717) is 16.8 Å². The molecule has 1 aliphatic heterocycles. The number of hydrazine groups is 1. The maximum absolute atomic E-state index is 12.0. The van der Waals surface area contributed by atoms with Crippen LogP contribution in [-0.4, -0.2) is 17.3 Å². The number of aliphatic carboxylic acids is 1. The van der Waals surface area contributed by atoms with Gasteiger partial charge in [-0.1, -0.05) is 42.3 Å². The van der Waals surface area contributed by atoms with Crippen molar-refractivity contribution < 1.29 is 9.90 Å². The number of anilines is 1. The standard InChI is InChI=1S/C17H13N3O2/c1-2-13-7-6-10-15(11-13)20-17(16(21)22,12-18-19-20)14-8-4-3-5-9-14/h1,3-12,19H,(H,21,22). The SMILES string of the molecule is C#Cc1cccc(N2NN=CC2(C(=O)O)c2ccccc2)c1. The van der Waals surface area contributed by atoms with Gasteiger partial charge in [0.05, 0.1) is 11.9 Å². The fourth-order valence-corrected chi connectivity index (χ4v) is 2.48. The molecule has 0 fully saturated rings. The molecule has 22 heavy (non-hydrogen) atoms. The zero-order chi connectivity index (χ0) is 15.6. The van der Waals surface area contributed by atoms with Crippen LogP contribution in [0.2, 0.25) is 0 Å². The Balaban J connectivity index is 2.15. The molecular formula is C17H13N3O2. The number of hydrogen-bond acceptors (Lipinski definition) is 4. The quantitative estimate of drug-likeness (QED) is 0.849. The van der Waals surface area contributed by atoms with E-state index in [0.717, 1.165) is 0 Å². The molecule has 0 amide bonds. The molecule has 1 unspecified atom stereocenters. The second-order valence-electron chi connectivity index (χ2n) is 4.83. The fraction of sp³-hybridized carbons (Fsp3) is 0.0588. The summed E-state index contributed by atoms with van der Waals surface area (Å²) in [6.45, 7) is 0. The third-order valence-corrected chi connectivity index (χ3v) is 3.57. The first kappa shape index (κ1) is 13.7. The van der Waals surface area contributed by atoms with Gasteiger partial charge in [-0.05, 0) is 23.8 Å². The molecule has 1 aliphatic rings. The lowest BCUT2D eigenvalue weighted by Gasteiger charge is -2.33. The first-order valence-electron chi connectivity index (χ1n) is 6.64. The molecule has 108 valence electrons. The van der Waals surface area contributed by atoms with Gasteiger partial charge in [-0.3, -0.25) is 0 Å². The molecule has 5 nitrogen and oxygen atoms in total. The van der Waals surface area contributed by atoms with Crippen molar-refractivity contribution in [2.45, 2.75) is 5.54 Å². The Bertz CT molecular complexity index is 780. The topological polar surface area (TPSA) is 64.9 Å². The molecule has 3 rings (SSSR count). The van der Waals surface area contributed by atoms with Gasteiger partial charge < -0.3 is 5.11 Å². The van der Waals surface area contributed by atoms with E-state index in [2.05, 4.69) is 16.6 Å². The largest absolute Gasteiger partial charge is 0.479 e. The van der Waals surface area contributed by atoms with Crippen molar-refractivity contribution in [2.24, 2.45) is 5.10 Å². The van der Waals surface area contributed by atoms with Gasteiger partial charge in [0.15, 0.2) is 0 Å². The predicted molar refractivity (Wildman–Crippen MR) is 84.2 cm³/mol. The number of rotatable bonds is 3. The molecule has 0 saturated carbocycles. The fourth-order valence-electron chi connectivity index (χ4n) is 2.48. The highest BCUT2D eigenvalue weighted by Crippen LogP contribution is 2.33. The van der Waals surface area contributed by atoms with Crippen LogP contribution in [0.4, 0.5) is 5.69 Å². The number of carboxylic acid groups (broad SMARTS) is 1. The van der Waals surface area contributed by atoms with Crippen LogP contribution in [0.15, 0.2) is 59.7 Å². The molecule has 0 bridgehead atoms. The predicted octanol–water partition coefficient (Wildman–Crippen LogP) is 1.96. The number of terminal acetylenes is 1. The normalized spacial score (nSPS) is 19.5. The summed E-state index contributed by atoms with van der Waals surface area (Å²) in [5.74, 6) is 1.52. The van der Waals surface area contributed by atoms with Crippen LogP contribution < -0.4 is 10.5 Å². The minimum Gasteiger partial charge on any atom is -0.479 e.